The fraction of sp³-hybridized carbons (Fsp3) is 0.0588. The molecule has 0 aliphatic heterocycles. The van der Waals surface area contributed by atoms with Crippen LogP contribution in [0.1, 0.15) is 5.69 Å². The van der Waals surface area contributed by atoms with Gasteiger partial charge in [0.15, 0.2) is 0 Å². The Bertz CT molecular complexity index is 957. The first-order valence-corrected chi connectivity index (χ1v) is 8.55. The van der Waals surface area contributed by atoms with Crippen LogP contribution in [0.25, 0.3) is 27.6 Å². The Kier molecular flexibility index (Phi) is 3.32. The number of nitrogens with zero attached hydrogens (tertiary/aromatic N) is 3. The second-order valence-corrected chi connectivity index (χ2v) is 6.80. The van der Waals surface area contributed by atoms with Crippen molar-refractivity contribution in [3.05, 3.63) is 64.2 Å². The zero-order valence-electron chi connectivity index (χ0n) is 11.8. The molecule has 0 aliphatic rings. The molecule has 22 heavy (non-hydrogen) atoms. The summed E-state index contributed by atoms with van der Waals surface area (Å²) >= 11 is 5.17. The zero-order valence-corrected chi connectivity index (χ0v) is 14.2. The maximum absolute atomic E-state index is 4.81. The van der Waals surface area contributed by atoms with Gasteiger partial charge in [0.1, 0.15) is 16.3 Å². The summed E-state index contributed by atoms with van der Waals surface area (Å²) < 4.78 is 3.12. The summed E-state index contributed by atoms with van der Waals surface area (Å²) in [6, 6.07) is 14.3. The lowest BCUT2D eigenvalue weighted by Crippen LogP contribution is -1.89. The van der Waals surface area contributed by atoms with Crippen molar-refractivity contribution in [3.8, 4) is 22.0 Å². The van der Waals surface area contributed by atoms with Gasteiger partial charge < -0.3 is 0 Å². The van der Waals surface area contributed by atoms with Crippen LogP contribution in [-0.2, 0) is 0 Å². The van der Waals surface area contributed by atoms with E-state index in [1.807, 2.05) is 43.5 Å². The van der Waals surface area contributed by atoms with E-state index in [1.165, 1.54) is 0 Å². The van der Waals surface area contributed by atoms with Crippen molar-refractivity contribution < 1.29 is 0 Å². The summed E-state index contributed by atoms with van der Waals surface area (Å²) in [5.74, 6) is 0. The molecule has 1 aromatic carbocycles. The summed E-state index contributed by atoms with van der Waals surface area (Å²) in [6.45, 7) is 2.03. The van der Waals surface area contributed by atoms with E-state index >= 15 is 0 Å². The number of rotatable bonds is 2. The van der Waals surface area contributed by atoms with Crippen LogP contribution in [0, 0.1) is 6.92 Å². The molecule has 0 saturated heterocycles. The van der Waals surface area contributed by atoms with E-state index in [-0.39, 0.29) is 0 Å². The average Bonchev–Trinajstić information content (AvgIpc) is 3.11. The molecule has 0 N–H and O–H groups in total. The predicted molar refractivity (Wildman–Crippen MR) is 94.2 cm³/mol. The van der Waals surface area contributed by atoms with Crippen molar-refractivity contribution in [1.82, 2.24) is 14.4 Å². The minimum absolute atomic E-state index is 0.937. The summed E-state index contributed by atoms with van der Waals surface area (Å²) in [6.07, 6.45) is 2.04. The Labute approximate surface area is 140 Å². The van der Waals surface area contributed by atoms with Gasteiger partial charge in [-0.1, -0.05) is 30.3 Å². The maximum Gasteiger partial charge on any atom is 0.142 e. The molecule has 3 heterocycles. The summed E-state index contributed by atoms with van der Waals surface area (Å²) in [7, 11) is 0. The van der Waals surface area contributed by atoms with Gasteiger partial charge in [0.25, 0.3) is 0 Å². The van der Waals surface area contributed by atoms with E-state index in [0.717, 1.165) is 37.8 Å². The molecule has 0 unspecified atom stereocenters. The number of aromatic nitrogens is 3. The van der Waals surface area contributed by atoms with E-state index in [4.69, 9.17) is 4.98 Å². The highest BCUT2D eigenvalue weighted by molar-refractivity contribution is 9.10. The van der Waals surface area contributed by atoms with Gasteiger partial charge in [-0.25, -0.2) is 9.97 Å². The van der Waals surface area contributed by atoms with Crippen molar-refractivity contribution in [2.75, 3.05) is 0 Å². The molecule has 108 valence electrons. The number of benzene rings is 1. The molecule has 0 aliphatic carbocycles. The SMILES string of the molecule is Cc1nc2ccc(Br)cn2c1-c1nc(-c2ccccc2)cs1. The fourth-order valence-corrected chi connectivity index (χ4v) is 3.78. The van der Waals surface area contributed by atoms with Crippen molar-refractivity contribution >= 4 is 32.9 Å². The molecule has 3 nitrogen and oxygen atoms in total. The highest BCUT2D eigenvalue weighted by atomic mass is 79.9. The molecule has 0 fully saturated rings. The number of aryl methyl sites for hydroxylation is 1. The number of hydrogen-bond donors (Lipinski definition) is 0. The number of fused-ring (bicyclic) bond motifs is 1. The van der Waals surface area contributed by atoms with Crippen LogP contribution < -0.4 is 0 Å². The molecule has 4 aromatic rings. The van der Waals surface area contributed by atoms with E-state index in [9.17, 15) is 0 Å². The van der Waals surface area contributed by atoms with Gasteiger partial charge in [-0.15, -0.1) is 11.3 Å². The van der Waals surface area contributed by atoms with Crippen LogP contribution in [0.15, 0.2) is 58.5 Å². The van der Waals surface area contributed by atoms with E-state index in [1.54, 1.807) is 11.3 Å². The number of hydrogen-bond acceptors (Lipinski definition) is 3. The minimum atomic E-state index is 0.937. The topological polar surface area (TPSA) is 30.2 Å². The van der Waals surface area contributed by atoms with Gasteiger partial charge in [-0.3, -0.25) is 4.40 Å². The first kappa shape index (κ1) is 13.7. The van der Waals surface area contributed by atoms with Gasteiger partial charge in [-0.2, -0.15) is 0 Å². The molecule has 5 heteroatoms. The lowest BCUT2D eigenvalue weighted by atomic mass is 10.2. The third-order valence-corrected chi connectivity index (χ3v) is 4.85. The third kappa shape index (κ3) is 2.26. The Morgan fingerprint density at radius 3 is 2.68 bits per heavy atom. The molecule has 3 aromatic heterocycles. The van der Waals surface area contributed by atoms with Crippen LogP contribution in [0.3, 0.4) is 0 Å². The van der Waals surface area contributed by atoms with Gasteiger partial charge in [0, 0.05) is 21.6 Å². The highest BCUT2D eigenvalue weighted by Gasteiger charge is 2.15. The van der Waals surface area contributed by atoms with Gasteiger partial charge in [-0.05, 0) is 35.0 Å². The van der Waals surface area contributed by atoms with Gasteiger partial charge in [0.05, 0.1) is 11.4 Å². The number of pyridine rings is 1. The normalized spacial score (nSPS) is 11.2. The third-order valence-electron chi connectivity index (χ3n) is 3.53. The fourth-order valence-electron chi connectivity index (χ4n) is 2.52. The Morgan fingerprint density at radius 1 is 1.05 bits per heavy atom. The van der Waals surface area contributed by atoms with Crippen molar-refractivity contribution in [3.63, 3.8) is 0 Å². The Balaban J connectivity index is 1.88. The predicted octanol–water partition coefficient (Wildman–Crippen LogP) is 5.20. The van der Waals surface area contributed by atoms with Gasteiger partial charge >= 0.3 is 0 Å². The molecule has 0 amide bonds. The summed E-state index contributed by atoms with van der Waals surface area (Å²) in [5, 5.41) is 3.09. The van der Waals surface area contributed by atoms with E-state index in [2.05, 4.69) is 42.8 Å². The average molecular weight is 370 g/mol. The molecule has 0 radical (unpaired) electrons. The summed E-state index contributed by atoms with van der Waals surface area (Å²) in [4.78, 5) is 9.43. The molecule has 0 bridgehead atoms. The van der Waals surface area contributed by atoms with Crippen LogP contribution in [0.4, 0.5) is 0 Å². The number of thiazole rings is 1. The molecular formula is C17H12BrN3S. The second-order valence-electron chi connectivity index (χ2n) is 5.03. The van der Waals surface area contributed by atoms with Crippen LogP contribution in [-0.4, -0.2) is 14.4 Å². The summed E-state index contributed by atoms with van der Waals surface area (Å²) in [5.41, 5.74) is 5.13. The largest absolute Gasteiger partial charge is 0.296 e. The molecular weight excluding hydrogens is 358 g/mol. The Morgan fingerprint density at radius 2 is 1.86 bits per heavy atom. The smallest absolute Gasteiger partial charge is 0.142 e. The van der Waals surface area contributed by atoms with Crippen LogP contribution >= 0.6 is 27.3 Å². The van der Waals surface area contributed by atoms with Crippen LogP contribution in [0.5, 0.6) is 0 Å². The lowest BCUT2D eigenvalue weighted by Gasteiger charge is -2.00. The molecule has 0 spiro atoms. The highest BCUT2D eigenvalue weighted by Crippen LogP contribution is 2.31. The first-order chi connectivity index (χ1) is 10.7. The molecule has 4 rings (SSSR count). The zero-order chi connectivity index (χ0) is 15.1. The monoisotopic (exact) mass is 369 g/mol. The minimum Gasteiger partial charge on any atom is -0.296 e. The Hall–Kier alpha value is -1.98. The van der Waals surface area contributed by atoms with Crippen molar-refractivity contribution in [1.29, 1.82) is 0 Å². The van der Waals surface area contributed by atoms with E-state index in [0.29, 0.717) is 0 Å². The lowest BCUT2D eigenvalue weighted by molar-refractivity contribution is 1.17. The number of imidazole rings is 1. The van der Waals surface area contributed by atoms with E-state index < -0.39 is 0 Å². The van der Waals surface area contributed by atoms with Crippen molar-refractivity contribution in [2.24, 2.45) is 0 Å². The van der Waals surface area contributed by atoms with Crippen LogP contribution in [0.2, 0.25) is 0 Å². The quantitative estimate of drug-likeness (QED) is 0.486. The molecule has 0 saturated carbocycles. The first-order valence-electron chi connectivity index (χ1n) is 6.88. The van der Waals surface area contributed by atoms with Gasteiger partial charge in [0.2, 0.25) is 0 Å². The standard InChI is InChI=1S/C17H12BrN3S/c1-11-16(21-9-13(18)7-8-15(21)19-11)17-20-14(10-22-17)12-5-3-2-4-6-12/h2-10H,1H3. The second kappa shape index (κ2) is 5.34. The molecule has 0 atom stereocenters. The maximum atomic E-state index is 4.81. The van der Waals surface area contributed by atoms with Crippen molar-refractivity contribution in [2.45, 2.75) is 6.92 Å². The number of halogens is 1.